The maximum absolute atomic E-state index is 6.23. The third-order valence-corrected chi connectivity index (χ3v) is 4.27. The van der Waals surface area contributed by atoms with Crippen LogP contribution in [0.2, 0.25) is 5.02 Å². The van der Waals surface area contributed by atoms with Crippen molar-refractivity contribution in [2.75, 3.05) is 12.4 Å². The molecule has 0 unspecified atom stereocenters. The zero-order valence-electron chi connectivity index (χ0n) is 14.6. The Kier molecular flexibility index (Phi) is 4.80. The van der Waals surface area contributed by atoms with Crippen LogP contribution in [0.3, 0.4) is 0 Å². The summed E-state index contributed by atoms with van der Waals surface area (Å²) in [6.07, 6.45) is 1.67. The van der Waals surface area contributed by atoms with Gasteiger partial charge in [-0.1, -0.05) is 23.7 Å². The fraction of sp³-hybridized carbons (Fsp3) is 0.100. The van der Waals surface area contributed by atoms with E-state index in [9.17, 15) is 0 Å². The molecule has 0 bridgehead atoms. The molecule has 6 nitrogen and oxygen atoms in total. The van der Waals surface area contributed by atoms with Gasteiger partial charge in [0, 0.05) is 18.3 Å². The number of nitrogens with zero attached hydrogens (tertiary/aromatic N) is 2. The minimum absolute atomic E-state index is 0.475. The zero-order valence-corrected chi connectivity index (χ0v) is 15.3. The number of rotatable bonds is 6. The quantitative estimate of drug-likeness (QED) is 0.491. The van der Waals surface area contributed by atoms with Gasteiger partial charge in [0.05, 0.1) is 29.7 Å². The average molecular weight is 381 g/mol. The van der Waals surface area contributed by atoms with Crippen LogP contribution in [0.4, 0.5) is 5.82 Å². The molecule has 2 aromatic carbocycles. The molecule has 0 aliphatic heterocycles. The zero-order chi connectivity index (χ0) is 18.6. The summed E-state index contributed by atoms with van der Waals surface area (Å²) >= 11 is 6.23. The third kappa shape index (κ3) is 3.96. The first-order valence-electron chi connectivity index (χ1n) is 8.36. The van der Waals surface area contributed by atoms with Crippen molar-refractivity contribution < 1.29 is 9.47 Å². The van der Waals surface area contributed by atoms with E-state index in [0.29, 0.717) is 34.6 Å². The number of hydrogen-bond acceptors (Lipinski definition) is 5. The molecule has 27 heavy (non-hydrogen) atoms. The largest absolute Gasteiger partial charge is 0.497 e. The Morgan fingerprint density at radius 1 is 1.07 bits per heavy atom. The monoisotopic (exact) mass is 380 g/mol. The lowest BCUT2D eigenvalue weighted by Crippen LogP contribution is -2.02. The van der Waals surface area contributed by atoms with Crippen molar-refractivity contribution in [2.45, 2.75) is 6.54 Å². The van der Waals surface area contributed by atoms with Gasteiger partial charge in [0.1, 0.15) is 28.9 Å². The molecule has 2 aromatic heterocycles. The molecule has 4 rings (SSSR count). The molecule has 7 heteroatoms. The van der Waals surface area contributed by atoms with Crippen LogP contribution >= 0.6 is 11.6 Å². The Morgan fingerprint density at radius 3 is 2.78 bits per heavy atom. The number of fused-ring (bicyclic) bond motifs is 1. The summed E-state index contributed by atoms with van der Waals surface area (Å²) in [6, 6.07) is 16.8. The topological polar surface area (TPSA) is 72.1 Å². The molecule has 2 heterocycles. The molecular weight excluding hydrogens is 364 g/mol. The van der Waals surface area contributed by atoms with Crippen LogP contribution in [0.25, 0.3) is 11.0 Å². The number of halogens is 1. The summed E-state index contributed by atoms with van der Waals surface area (Å²) in [4.78, 5) is 12.1. The number of methoxy groups -OCH3 is 1. The number of anilines is 1. The van der Waals surface area contributed by atoms with Crippen molar-refractivity contribution >= 4 is 28.5 Å². The third-order valence-electron chi connectivity index (χ3n) is 3.97. The lowest BCUT2D eigenvalue weighted by atomic mass is 10.3. The van der Waals surface area contributed by atoms with Crippen molar-refractivity contribution in [3.05, 3.63) is 71.6 Å². The standard InChI is InChI=1S/C20H17ClN4O2/c1-26-13-6-7-18(15(21)10-13)27-14-8-9-22-19(11-14)23-12-20-24-16-4-2-3-5-17(16)25-20/h2-11H,12H2,1H3,(H,22,23)(H,24,25). The summed E-state index contributed by atoms with van der Waals surface area (Å²) in [6.45, 7) is 0.522. The van der Waals surface area contributed by atoms with Crippen LogP contribution < -0.4 is 14.8 Å². The predicted molar refractivity (Wildman–Crippen MR) is 106 cm³/mol. The van der Waals surface area contributed by atoms with Gasteiger partial charge in [0.25, 0.3) is 0 Å². The highest BCUT2D eigenvalue weighted by atomic mass is 35.5. The van der Waals surface area contributed by atoms with Crippen molar-refractivity contribution in [1.82, 2.24) is 15.0 Å². The molecule has 0 spiro atoms. The Bertz CT molecular complexity index is 1050. The van der Waals surface area contributed by atoms with Gasteiger partial charge in [-0.15, -0.1) is 0 Å². The Morgan fingerprint density at radius 2 is 1.96 bits per heavy atom. The van der Waals surface area contributed by atoms with Gasteiger partial charge >= 0.3 is 0 Å². The Labute approximate surface area is 161 Å². The first-order chi connectivity index (χ1) is 13.2. The maximum atomic E-state index is 6.23. The molecule has 0 aliphatic carbocycles. The molecule has 0 atom stereocenters. The van der Waals surface area contributed by atoms with Gasteiger partial charge in [-0.3, -0.25) is 0 Å². The highest BCUT2D eigenvalue weighted by molar-refractivity contribution is 6.32. The summed E-state index contributed by atoms with van der Waals surface area (Å²) in [7, 11) is 1.59. The number of hydrogen-bond donors (Lipinski definition) is 2. The summed E-state index contributed by atoms with van der Waals surface area (Å²) < 4.78 is 11.0. The van der Waals surface area contributed by atoms with Crippen molar-refractivity contribution in [3.8, 4) is 17.2 Å². The lowest BCUT2D eigenvalue weighted by Gasteiger charge is -2.10. The van der Waals surface area contributed by atoms with Gasteiger partial charge in [0.2, 0.25) is 0 Å². The number of pyridine rings is 1. The molecule has 0 amide bonds. The van der Waals surface area contributed by atoms with Crippen LogP contribution in [-0.4, -0.2) is 22.1 Å². The fourth-order valence-corrected chi connectivity index (χ4v) is 2.86. The van der Waals surface area contributed by atoms with E-state index < -0.39 is 0 Å². The van der Waals surface area contributed by atoms with Crippen molar-refractivity contribution in [1.29, 1.82) is 0 Å². The predicted octanol–water partition coefficient (Wildman–Crippen LogP) is 5.02. The summed E-state index contributed by atoms with van der Waals surface area (Å²) in [5.41, 5.74) is 1.95. The van der Waals surface area contributed by atoms with Gasteiger partial charge in [-0.25, -0.2) is 9.97 Å². The van der Waals surface area contributed by atoms with Gasteiger partial charge in [-0.2, -0.15) is 0 Å². The normalized spacial score (nSPS) is 10.7. The lowest BCUT2D eigenvalue weighted by molar-refractivity contribution is 0.413. The smallest absolute Gasteiger partial charge is 0.146 e. The van der Waals surface area contributed by atoms with Crippen LogP contribution in [0.1, 0.15) is 5.82 Å². The first kappa shape index (κ1) is 17.2. The van der Waals surface area contributed by atoms with Gasteiger partial charge in [-0.05, 0) is 30.3 Å². The van der Waals surface area contributed by atoms with Gasteiger partial charge < -0.3 is 19.8 Å². The van der Waals surface area contributed by atoms with E-state index in [2.05, 4.69) is 20.3 Å². The van der Waals surface area contributed by atoms with Crippen molar-refractivity contribution in [3.63, 3.8) is 0 Å². The number of aromatic nitrogens is 3. The summed E-state index contributed by atoms with van der Waals surface area (Å²) in [5, 5.41) is 3.72. The highest BCUT2D eigenvalue weighted by Gasteiger charge is 2.07. The SMILES string of the molecule is COc1ccc(Oc2ccnc(NCc3nc4ccccc4[nH]3)c2)c(Cl)c1. The second-order valence-electron chi connectivity index (χ2n) is 5.83. The molecule has 2 N–H and O–H groups in total. The van der Waals surface area contributed by atoms with Crippen LogP contribution in [-0.2, 0) is 6.54 Å². The molecule has 0 radical (unpaired) electrons. The maximum Gasteiger partial charge on any atom is 0.146 e. The molecule has 4 aromatic rings. The van der Waals surface area contributed by atoms with E-state index in [-0.39, 0.29) is 0 Å². The molecule has 0 aliphatic rings. The van der Waals surface area contributed by atoms with Crippen LogP contribution in [0, 0.1) is 0 Å². The first-order valence-corrected chi connectivity index (χ1v) is 8.74. The summed E-state index contributed by atoms with van der Waals surface area (Å²) in [5.74, 6) is 3.37. The molecule has 0 saturated carbocycles. The van der Waals surface area contributed by atoms with E-state index in [1.807, 2.05) is 30.3 Å². The Balaban J connectivity index is 1.45. The van der Waals surface area contributed by atoms with Crippen molar-refractivity contribution in [2.24, 2.45) is 0 Å². The van der Waals surface area contributed by atoms with E-state index in [4.69, 9.17) is 21.1 Å². The number of benzene rings is 2. The van der Waals surface area contributed by atoms with E-state index in [1.54, 1.807) is 37.6 Å². The number of para-hydroxylation sites is 2. The second-order valence-corrected chi connectivity index (χ2v) is 6.24. The number of H-pyrrole nitrogens is 1. The molecule has 136 valence electrons. The molecular formula is C20H17ClN4O2. The second kappa shape index (κ2) is 7.55. The highest BCUT2D eigenvalue weighted by Crippen LogP contribution is 2.32. The molecule has 0 fully saturated rings. The van der Waals surface area contributed by atoms with Crippen LogP contribution in [0.5, 0.6) is 17.2 Å². The number of aromatic amines is 1. The number of ether oxygens (including phenoxy) is 2. The van der Waals surface area contributed by atoms with Gasteiger partial charge in [0.15, 0.2) is 0 Å². The fourth-order valence-electron chi connectivity index (χ4n) is 2.65. The number of imidazole rings is 1. The Hall–Kier alpha value is -3.25. The minimum Gasteiger partial charge on any atom is -0.497 e. The average Bonchev–Trinajstić information content (AvgIpc) is 3.11. The number of nitrogens with one attached hydrogen (secondary N) is 2. The van der Waals surface area contributed by atoms with E-state index in [1.165, 1.54) is 0 Å². The molecule has 0 saturated heterocycles. The van der Waals surface area contributed by atoms with E-state index >= 15 is 0 Å². The van der Waals surface area contributed by atoms with E-state index in [0.717, 1.165) is 16.9 Å². The minimum atomic E-state index is 0.475. The van der Waals surface area contributed by atoms with Crippen LogP contribution in [0.15, 0.2) is 60.8 Å².